The second kappa shape index (κ2) is 11.5. The van der Waals surface area contributed by atoms with Crippen LogP contribution in [0.3, 0.4) is 0 Å². The Morgan fingerprint density at radius 1 is 0.865 bits per heavy atom. The monoisotopic (exact) mass is 674 g/mol. The molecule has 4 aromatic rings. The van der Waals surface area contributed by atoms with Crippen LogP contribution in [-0.2, 0) is 14.2 Å². The highest BCUT2D eigenvalue weighted by Gasteiger charge is 2.24. The largest absolute Gasteiger partial charge is 0.465 e. The fourth-order valence-electron chi connectivity index (χ4n) is 3.35. The Labute approximate surface area is 239 Å². The minimum absolute atomic E-state index is 0.265. The number of nitrogens with zero attached hydrogens (tertiary/aromatic N) is 1. The highest BCUT2D eigenvalue weighted by Crippen LogP contribution is 2.32. The number of halogens is 4. The zero-order valence-electron chi connectivity index (χ0n) is 20.4. The minimum Gasteiger partial charge on any atom is -0.465 e. The van der Waals surface area contributed by atoms with Crippen LogP contribution >= 0.6 is 55.1 Å². The molecule has 0 atom stereocenters. The number of benzene rings is 2. The van der Waals surface area contributed by atoms with Gasteiger partial charge in [-0.25, -0.2) is 14.4 Å². The van der Waals surface area contributed by atoms with Crippen molar-refractivity contribution in [2.75, 3.05) is 14.2 Å². The number of carbonyl (C=O) groups excluding carboxylic acids is 3. The van der Waals surface area contributed by atoms with Crippen molar-refractivity contribution in [1.82, 2.24) is 9.55 Å². The van der Waals surface area contributed by atoms with E-state index >= 15 is 0 Å². The number of carbonyl (C=O) groups is 3. The molecule has 37 heavy (non-hydrogen) atoms. The van der Waals surface area contributed by atoms with Crippen LogP contribution in [0, 0.1) is 0 Å². The van der Waals surface area contributed by atoms with Gasteiger partial charge < -0.3 is 19.2 Å². The third kappa shape index (κ3) is 6.49. The fourth-order valence-corrected chi connectivity index (χ4v) is 4.36. The molecular weight excluding hydrogens is 655 g/mol. The lowest BCUT2D eigenvalue weighted by Crippen LogP contribution is -2.26. The lowest BCUT2D eigenvalue weighted by molar-refractivity contribution is 0.0542. The molecule has 0 aliphatic heterocycles. The second-order valence-electron chi connectivity index (χ2n) is 8.67. The number of H-pyrrole nitrogens is 1. The average molecular weight is 677 g/mol. The Morgan fingerprint density at radius 2 is 1.41 bits per heavy atom. The first-order chi connectivity index (χ1) is 17.3. The van der Waals surface area contributed by atoms with E-state index in [0.29, 0.717) is 31.0 Å². The molecule has 4 rings (SSSR count). The smallest absolute Gasteiger partial charge is 0.419 e. The van der Waals surface area contributed by atoms with Gasteiger partial charge in [-0.05, 0) is 76.9 Å². The summed E-state index contributed by atoms with van der Waals surface area (Å²) in [5.41, 5.74) is 1.40. The maximum absolute atomic E-state index is 12.3. The molecule has 0 spiro atoms. The van der Waals surface area contributed by atoms with Gasteiger partial charge in [0.05, 0.1) is 40.9 Å². The van der Waals surface area contributed by atoms with Crippen molar-refractivity contribution in [2.45, 2.75) is 26.4 Å². The summed E-state index contributed by atoms with van der Waals surface area (Å²) in [5, 5.41) is 2.36. The number of methoxy groups -OCH3 is 2. The second-order valence-corrected chi connectivity index (χ2v) is 11.2. The van der Waals surface area contributed by atoms with Crippen LogP contribution in [0.15, 0.2) is 45.6 Å². The number of ether oxygens (including phenoxy) is 3. The van der Waals surface area contributed by atoms with Crippen molar-refractivity contribution in [3.63, 3.8) is 0 Å². The number of esters is 2. The van der Waals surface area contributed by atoms with Gasteiger partial charge in [-0.3, -0.25) is 4.57 Å². The van der Waals surface area contributed by atoms with E-state index in [0.717, 1.165) is 15.4 Å². The summed E-state index contributed by atoms with van der Waals surface area (Å²) in [5.74, 6) is -0.906. The summed E-state index contributed by atoms with van der Waals surface area (Å²) in [6, 6.07) is 6.82. The van der Waals surface area contributed by atoms with E-state index in [9.17, 15) is 14.4 Å². The van der Waals surface area contributed by atoms with Gasteiger partial charge in [-0.1, -0.05) is 23.2 Å². The molecule has 0 radical (unpaired) electrons. The fraction of sp³-hybridized carbons (Fsp3) is 0.240. The molecule has 0 saturated carbocycles. The van der Waals surface area contributed by atoms with E-state index in [1.165, 1.54) is 25.0 Å². The third-order valence-corrected chi connectivity index (χ3v) is 7.36. The molecule has 12 heteroatoms. The Morgan fingerprint density at radius 3 is 1.97 bits per heavy atom. The number of nitrogens with one attached hydrogen (secondary N) is 1. The van der Waals surface area contributed by atoms with Crippen molar-refractivity contribution in [3.05, 3.63) is 66.8 Å². The first-order valence-corrected chi connectivity index (χ1v) is 13.0. The lowest BCUT2D eigenvalue weighted by Gasteiger charge is -2.19. The number of aromatic amines is 1. The molecule has 0 fully saturated rings. The molecule has 0 aliphatic carbocycles. The minimum atomic E-state index is -0.655. The molecular formula is C25H22Br2Cl2N2O6. The van der Waals surface area contributed by atoms with Gasteiger partial charge in [0, 0.05) is 37.6 Å². The SMILES string of the molecule is COC(=O)c1c[nH]c2cc(Cl)c(Br)cc12.COC(=O)c1cn(C(=O)OC(C)(C)C)c2cc(Cl)c(Br)cc12. The zero-order valence-corrected chi connectivity index (χ0v) is 25.1. The Hall–Kier alpha value is -2.53. The van der Waals surface area contributed by atoms with Crippen LogP contribution in [-0.4, -0.2) is 47.4 Å². The summed E-state index contributed by atoms with van der Waals surface area (Å²) >= 11 is 18.6. The number of hydrogen-bond donors (Lipinski definition) is 1. The Balaban J connectivity index is 0.000000220. The summed E-state index contributed by atoms with van der Waals surface area (Å²) in [6.07, 6.45) is 2.41. The summed E-state index contributed by atoms with van der Waals surface area (Å²) in [4.78, 5) is 38.6. The first-order valence-electron chi connectivity index (χ1n) is 10.6. The third-order valence-electron chi connectivity index (χ3n) is 4.97. The molecule has 2 aromatic carbocycles. The van der Waals surface area contributed by atoms with E-state index in [-0.39, 0.29) is 11.5 Å². The number of rotatable bonds is 2. The standard InChI is InChI=1S/C15H15BrClNO4.C10H7BrClNO2/c1-15(2,3)22-14(20)18-7-9(13(19)21-4)8-5-10(16)11(17)6-12(8)18;1-15-10(14)6-4-13-9-3-8(12)7(11)2-5(6)9/h5-7H,1-4H3;2-4,13H,1H3. The highest BCUT2D eigenvalue weighted by atomic mass is 79.9. The van der Waals surface area contributed by atoms with E-state index in [1.807, 2.05) is 0 Å². The van der Waals surface area contributed by atoms with Gasteiger partial charge in [0.15, 0.2) is 0 Å². The number of hydrogen-bond acceptors (Lipinski definition) is 6. The summed E-state index contributed by atoms with van der Waals surface area (Å²) in [6.45, 7) is 5.30. The molecule has 2 aromatic heterocycles. The number of fused-ring (bicyclic) bond motifs is 2. The molecule has 0 amide bonds. The maximum atomic E-state index is 12.3. The molecule has 0 saturated heterocycles. The van der Waals surface area contributed by atoms with Gasteiger partial charge in [-0.2, -0.15) is 0 Å². The average Bonchev–Trinajstić information content (AvgIpc) is 3.39. The van der Waals surface area contributed by atoms with E-state index in [2.05, 4.69) is 41.6 Å². The van der Waals surface area contributed by atoms with Gasteiger partial charge >= 0.3 is 18.0 Å². The van der Waals surface area contributed by atoms with Gasteiger partial charge in [0.2, 0.25) is 0 Å². The van der Waals surface area contributed by atoms with Crippen molar-refractivity contribution < 1.29 is 28.6 Å². The molecule has 1 N–H and O–H groups in total. The van der Waals surface area contributed by atoms with Gasteiger partial charge in [0.25, 0.3) is 0 Å². The van der Waals surface area contributed by atoms with Crippen LogP contribution in [0.2, 0.25) is 10.0 Å². The van der Waals surface area contributed by atoms with E-state index in [4.69, 9.17) is 32.7 Å². The molecule has 0 bridgehead atoms. The topological polar surface area (TPSA) is 99.6 Å². The quantitative estimate of drug-likeness (QED) is 0.171. The van der Waals surface area contributed by atoms with Crippen molar-refractivity contribution in [1.29, 1.82) is 0 Å². The Bertz CT molecular complexity index is 1520. The van der Waals surface area contributed by atoms with Crippen LogP contribution < -0.4 is 0 Å². The Kier molecular flexibility index (Phi) is 9.00. The van der Waals surface area contributed by atoms with Crippen molar-refractivity contribution in [3.8, 4) is 0 Å². The molecule has 0 aliphatic rings. The summed E-state index contributed by atoms with van der Waals surface area (Å²) < 4.78 is 17.4. The van der Waals surface area contributed by atoms with Crippen LogP contribution in [0.5, 0.6) is 0 Å². The maximum Gasteiger partial charge on any atom is 0.419 e. The molecule has 8 nitrogen and oxygen atoms in total. The van der Waals surface area contributed by atoms with Crippen LogP contribution in [0.25, 0.3) is 21.8 Å². The van der Waals surface area contributed by atoms with Gasteiger partial charge in [-0.15, -0.1) is 0 Å². The molecule has 2 heterocycles. The molecule has 196 valence electrons. The zero-order chi connectivity index (χ0) is 27.7. The normalized spacial score (nSPS) is 11.2. The lowest BCUT2D eigenvalue weighted by atomic mass is 10.2. The number of aromatic nitrogens is 2. The predicted molar refractivity (Wildman–Crippen MR) is 150 cm³/mol. The first kappa shape index (κ1) is 29.0. The van der Waals surface area contributed by atoms with Crippen molar-refractivity contribution >= 4 is 94.9 Å². The highest BCUT2D eigenvalue weighted by molar-refractivity contribution is 9.10. The predicted octanol–water partition coefficient (Wildman–Crippen LogP) is 8.00. The van der Waals surface area contributed by atoms with Crippen molar-refractivity contribution in [2.24, 2.45) is 0 Å². The van der Waals surface area contributed by atoms with Crippen LogP contribution in [0.4, 0.5) is 4.79 Å². The van der Waals surface area contributed by atoms with E-state index in [1.54, 1.807) is 51.2 Å². The van der Waals surface area contributed by atoms with E-state index < -0.39 is 17.7 Å². The van der Waals surface area contributed by atoms with Gasteiger partial charge in [0.1, 0.15) is 5.60 Å². The molecule has 0 unspecified atom stereocenters. The summed E-state index contributed by atoms with van der Waals surface area (Å²) in [7, 11) is 2.63. The van der Waals surface area contributed by atoms with Crippen LogP contribution in [0.1, 0.15) is 41.5 Å².